The van der Waals surface area contributed by atoms with Crippen LogP contribution in [0.4, 0.5) is 0 Å². The molecule has 212 valence electrons. The molecule has 3 saturated carbocycles. The maximum atomic E-state index is 13.5. The molecule has 2 N–H and O–H groups in total. The van der Waals surface area contributed by atoms with Crippen molar-refractivity contribution in [1.82, 2.24) is 0 Å². The zero-order chi connectivity index (χ0) is 27.6. The van der Waals surface area contributed by atoms with Crippen molar-refractivity contribution < 1.29 is 37.1 Å². The highest BCUT2D eigenvalue weighted by Crippen LogP contribution is 2.67. The summed E-state index contributed by atoms with van der Waals surface area (Å²) in [4.78, 5) is 26.2. The molecule has 5 rings (SSSR count). The van der Waals surface area contributed by atoms with Gasteiger partial charge in [-0.1, -0.05) is 24.1 Å². The van der Waals surface area contributed by atoms with E-state index in [0.717, 1.165) is 43.3 Å². The van der Waals surface area contributed by atoms with Crippen LogP contribution in [-0.2, 0) is 29.2 Å². The van der Waals surface area contributed by atoms with Gasteiger partial charge in [-0.2, -0.15) is 8.42 Å². The molecule has 0 aromatic heterocycles. The molecule has 0 saturated heterocycles. The van der Waals surface area contributed by atoms with Gasteiger partial charge in [0.15, 0.2) is 0 Å². The van der Waals surface area contributed by atoms with Gasteiger partial charge in [-0.25, -0.2) is 4.79 Å². The molecule has 0 aromatic carbocycles. The van der Waals surface area contributed by atoms with Crippen molar-refractivity contribution in [2.45, 2.75) is 83.5 Å². The van der Waals surface area contributed by atoms with E-state index in [4.69, 9.17) is 9.47 Å². The molecule has 9 heteroatoms. The molecule has 0 spiro atoms. The van der Waals surface area contributed by atoms with Gasteiger partial charge in [0.05, 0.1) is 22.8 Å². The molecule has 0 aromatic rings. The molecule has 0 radical (unpaired) electrons. The molecule has 3 fully saturated rings. The van der Waals surface area contributed by atoms with Crippen molar-refractivity contribution in [3.8, 4) is 0 Å². The van der Waals surface area contributed by atoms with Gasteiger partial charge in [-0.3, -0.25) is 9.35 Å². The molecule has 4 aliphatic carbocycles. The Labute approximate surface area is 226 Å². The molecular weight excluding hydrogens is 508 g/mol. The molecule has 0 unspecified atom stereocenters. The van der Waals surface area contributed by atoms with Crippen molar-refractivity contribution in [2.75, 3.05) is 20.3 Å². The fraction of sp³-hybridized carbons (Fsp3) is 0.793. The number of allylic oxidation sites excluding steroid dienone is 2. The summed E-state index contributed by atoms with van der Waals surface area (Å²) in [6, 6.07) is 0. The van der Waals surface area contributed by atoms with E-state index in [-0.39, 0.29) is 67.1 Å². The molecule has 0 amide bonds. The maximum Gasteiger partial charge on any atom is 0.336 e. The lowest BCUT2D eigenvalue weighted by atomic mass is 9.46. The highest BCUT2D eigenvalue weighted by molar-refractivity contribution is 7.86. The molecule has 5 aliphatic rings. The largest absolute Gasteiger partial charge is 0.458 e. The van der Waals surface area contributed by atoms with Crippen LogP contribution in [-0.4, -0.2) is 61.5 Å². The number of rotatable bonds is 6. The van der Waals surface area contributed by atoms with Gasteiger partial charge < -0.3 is 14.6 Å². The highest BCUT2D eigenvalue weighted by atomic mass is 32.2. The molecule has 9 atom stereocenters. The van der Waals surface area contributed by atoms with Crippen molar-refractivity contribution in [2.24, 2.45) is 40.4 Å². The van der Waals surface area contributed by atoms with Gasteiger partial charge in [-0.05, 0) is 81.5 Å². The Morgan fingerprint density at radius 3 is 2.50 bits per heavy atom. The zero-order valence-corrected chi connectivity index (χ0v) is 23.8. The van der Waals surface area contributed by atoms with Crippen LogP contribution in [0.15, 0.2) is 22.8 Å². The number of Topliss-reactive ketones (excluding diaryl/α,β-unsaturated/α-hetero) is 1. The lowest BCUT2D eigenvalue weighted by Crippen LogP contribution is -2.55. The second kappa shape index (κ2) is 9.82. The Balaban J connectivity index is 1.39. The van der Waals surface area contributed by atoms with Crippen molar-refractivity contribution in [1.29, 1.82) is 0 Å². The zero-order valence-electron chi connectivity index (χ0n) is 22.9. The summed E-state index contributed by atoms with van der Waals surface area (Å²) in [5.41, 5.74) is 1.70. The smallest absolute Gasteiger partial charge is 0.336 e. The van der Waals surface area contributed by atoms with Gasteiger partial charge in [0.2, 0.25) is 0 Å². The minimum atomic E-state index is -4.27. The fourth-order valence-corrected chi connectivity index (χ4v) is 10.1. The third-order valence-corrected chi connectivity index (χ3v) is 12.6. The number of aliphatic hydroxyl groups excluding tert-OH is 1. The summed E-state index contributed by atoms with van der Waals surface area (Å²) < 4.78 is 44.4. The summed E-state index contributed by atoms with van der Waals surface area (Å²) in [6.07, 6.45) is 6.97. The van der Waals surface area contributed by atoms with E-state index in [1.54, 1.807) is 7.11 Å². The Morgan fingerprint density at radius 2 is 1.87 bits per heavy atom. The standard InChI is InChI=1S/C29H42O8S/c1-16-11-25(37-27(32)21(16)15-36-4)20(14-30)23-8-7-22-19-6-5-17-12-18(38(33,34)35)13-26(31)29(17,3)24(19)9-10-28(22,23)2/h5,18-20,22-25,30H,6-15H2,1-4H3,(H,33,34,35)/t18-,19-,20-,22+,23+,24-,25+,28-,29-/m0/s1. The first-order valence-electron chi connectivity index (χ1n) is 14.0. The second-order valence-corrected chi connectivity index (χ2v) is 14.6. The van der Waals surface area contributed by atoms with E-state index < -0.39 is 20.8 Å². The number of carbonyl (C=O) groups excluding carboxylic acids is 2. The number of esters is 1. The van der Waals surface area contributed by atoms with E-state index >= 15 is 0 Å². The number of hydrogen-bond acceptors (Lipinski definition) is 7. The van der Waals surface area contributed by atoms with E-state index in [1.807, 2.05) is 13.8 Å². The van der Waals surface area contributed by atoms with Crippen LogP contribution >= 0.6 is 0 Å². The first-order valence-corrected chi connectivity index (χ1v) is 15.5. The Morgan fingerprint density at radius 1 is 1.13 bits per heavy atom. The van der Waals surface area contributed by atoms with Gasteiger partial charge >= 0.3 is 5.97 Å². The molecule has 1 aliphatic heterocycles. The average Bonchev–Trinajstić information content (AvgIpc) is 3.19. The molecule has 1 heterocycles. The predicted molar refractivity (Wildman–Crippen MR) is 141 cm³/mol. The number of fused-ring (bicyclic) bond motifs is 5. The normalized spacial score (nSPS) is 42.1. The van der Waals surface area contributed by atoms with Crippen LogP contribution in [0.2, 0.25) is 0 Å². The fourth-order valence-electron chi connectivity index (χ4n) is 9.35. The second-order valence-electron chi connectivity index (χ2n) is 12.9. The highest BCUT2D eigenvalue weighted by Gasteiger charge is 2.62. The van der Waals surface area contributed by atoms with Gasteiger partial charge in [0, 0.05) is 32.5 Å². The summed E-state index contributed by atoms with van der Waals surface area (Å²) in [5, 5.41) is 9.54. The van der Waals surface area contributed by atoms with Gasteiger partial charge in [0.1, 0.15) is 11.9 Å². The van der Waals surface area contributed by atoms with Gasteiger partial charge in [-0.15, -0.1) is 0 Å². The number of cyclic esters (lactones) is 1. The molecule has 0 bridgehead atoms. The van der Waals surface area contributed by atoms with Crippen LogP contribution in [0.25, 0.3) is 0 Å². The third kappa shape index (κ3) is 4.23. The van der Waals surface area contributed by atoms with Crippen molar-refractivity contribution >= 4 is 21.9 Å². The lowest BCUT2D eigenvalue weighted by molar-refractivity contribution is -0.155. The van der Waals surface area contributed by atoms with E-state index in [9.17, 15) is 27.7 Å². The summed E-state index contributed by atoms with van der Waals surface area (Å²) in [5.74, 6) is 0.472. The minimum absolute atomic E-state index is 0.0385. The van der Waals surface area contributed by atoms with Crippen LogP contribution < -0.4 is 0 Å². The van der Waals surface area contributed by atoms with Crippen molar-refractivity contribution in [3.05, 3.63) is 22.8 Å². The summed E-state index contributed by atoms with van der Waals surface area (Å²) in [6.45, 7) is 6.46. The molecule has 8 nitrogen and oxygen atoms in total. The number of hydrogen-bond donors (Lipinski definition) is 2. The van der Waals surface area contributed by atoms with Crippen LogP contribution in [0.1, 0.15) is 72.1 Å². The van der Waals surface area contributed by atoms with Crippen LogP contribution in [0.5, 0.6) is 0 Å². The maximum absolute atomic E-state index is 13.5. The Hall–Kier alpha value is -1.55. The number of carbonyl (C=O) groups is 2. The van der Waals surface area contributed by atoms with Crippen LogP contribution in [0, 0.1) is 40.4 Å². The summed E-state index contributed by atoms with van der Waals surface area (Å²) >= 11 is 0. The third-order valence-electron chi connectivity index (χ3n) is 11.4. The molecular formula is C29H42O8S. The van der Waals surface area contributed by atoms with Crippen molar-refractivity contribution in [3.63, 3.8) is 0 Å². The Kier molecular flexibility index (Phi) is 7.24. The first-order chi connectivity index (χ1) is 17.9. The first kappa shape index (κ1) is 28.0. The molecule has 38 heavy (non-hydrogen) atoms. The average molecular weight is 551 g/mol. The van der Waals surface area contributed by atoms with E-state index in [0.29, 0.717) is 23.8 Å². The van der Waals surface area contributed by atoms with E-state index in [1.165, 1.54) is 0 Å². The van der Waals surface area contributed by atoms with E-state index in [2.05, 4.69) is 13.0 Å². The quantitative estimate of drug-likeness (QED) is 0.290. The number of methoxy groups -OCH3 is 1. The Bertz CT molecular complexity index is 1170. The summed E-state index contributed by atoms with van der Waals surface area (Å²) in [7, 11) is -2.71. The van der Waals surface area contributed by atoms with Crippen LogP contribution in [0.3, 0.4) is 0 Å². The minimum Gasteiger partial charge on any atom is -0.458 e. The predicted octanol–water partition coefficient (Wildman–Crippen LogP) is 3.89. The lowest BCUT2D eigenvalue weighted by Gasteiger charge is -2.57. The number of aliphatic hydroxyl groups is 1. The topological polar surface area (TPSA) is 127 Å². The number of ketones is 1. The number of ether oxygens (including phenoxy) is 2. The van der Waals surface area contributed by atoms with Gasteiger partial charge in [0.25, 0.3) is 10.1 Å². The SMILES string of the molecule is COCC1=C(C)C[C@H]([C@@H](CO)[C@H]2CC[C@@H]3[C@@H]4CC=C5C[C@H](S(=O)(=O)O)CC(=O)[C@]5(C)[C@H]4CC[C@]23C)OC1=O. The monoisotopic (exact) mass is 550 g/mol.